The van der Waals surface area contributed by atoms with Gasteiger partial charge in [-0.15, -0.1) is 10.2 Å². The SMILES string of the molecule is CC1(c2nnc3ccccn23)CCCN1. The molecule has 78 valence electrons. The van der Waals surface area contributed by atoms with Crippen LogP contribution in [0.5, 0.6) is 0 Å². The maximum absolute atomic E-state index is 4.30. The maximum atomic E-state index is 4.30. The molecular weight excluding hydrogens is 188 g/mol. The zero-order chi connectivity index (χ0) is 10.3. The first-order chi connectivity index (χ1) is 7.30. The number of hydrogen-bond donors (Lipinski definition) is 1. The quantitative estimate of drug-likeness (QED) is 0.758. The maximum Gasteiger partial charge on any atom is 0.160 e. The minimum absolute atomic E-state index is 0.0131. The van der Waals surface area contributed by atoms with E-state index in [9.17, 15) is 0 Å². The van der Waals surface area contributed by atoms with Crippen molar-refractivity contribution in [2.75, 3.05) is 6.54 Å². The molecule has 2 aromatic rings. The highest BCUT2D eigenvalue weighted by Crippen LogP contribution is 2.28. The van der Waals surface area contributed by atoms with Gasteiger partial charge in [-0.3, -0.25) is 4.40 Å². The molecule has 0 aliphatic carbocycles. The van der Waals surface area contributed by atoms with Gasteiger partial charge in [0.2, 0.25) is 0 Å². The average molecular weight is 202 g/mol. The second-order valence-corrected chi connectivity index (χ2v) is 4.31. The van der Waals surface area contributed by atoms with Crippen molar-refractivity contribution in [3.8, 4) is 0 Å². The highest BCUT2D eigenvalue weighted by atomic mass is 15.3. The van der Waals surface area contributed by atoms with Crippen LogP contribution in [0.1, 0.15) is 25.6 Å². The Bertz CT molecular complexity index is 482. The number of nitrogens with one attached hydrogen (secondary N) is 1. The molecule has 4 heteroatoms. The second-order valence-electron chi connectivity index (χ2n) is 4.31. The van der Waals surface area contributed by atoms with E-state index in [4.69, 9.17) is 0 Å². The van der Waals surface area contributed by atoms with Gasteiger partial charge in [-0.2, -0.15) is 0 Å². The normalized spacial score (nSPS) is 26.2. The smallest absolute Gasteiger partial charge is 0.160 e. The summed E-state index contributed by atoms with van der Waals surface area (Å²) in [6.07, 6.45) is 4.36. The standard InChI is InChI=1S/C11H14N4/c1-11(6-4-7-12-11)10-14-13-9-5-2-3-8-15(9)10/h2-3,5,8,12H,4,6-7H2,1H3. The van der Waals surface area contributed by atoms with E-state index in [2.05, 4.69) is 26.8 Å². The molecule has 1 aliphatic rings. The lowest BCUT2D eigenvalue weighted by atomic mass is 9.99. The minimum Gasteiger partial charge on any atom is -0.305 e. The molecule has 0 radical (unpaired) electrons. The monoisotopic (exact) mass is 202 g/mol. The van der Waals surface area contributed by atoms with Crippen LogP contribution in [0.3, 0.4) is 0 Å². The van der Waals surface area contributed by atoms with Crippen molar-refractivity contribution < 1.29 is 0 Å². The van der Waals surface area contributed by atoms with Gasteiger partial charge in [-0.05, 0) is 38.4 Å². The van der Waals surface area contributed by atoms with E-state index in [-0.39, 0.29) is 5.54 Å². The molecule has 1 atom stereocenters. The van der Waals surface area contributed by atoms with Gasteiger partial charge in [-0.25, -0.2) is 0 Å². The van der Waals surface area contributed by atoms with E-state index in [0.29, 0.717) is 0 Å². The molecule has 1 aliphatic heterocycles. The molecular formula is C11H14N4. The zero-order valence-corrected chi connectivity index (χ0v) is 8.77. The first-order valence-electron chi connectivity index (χ1n) is 5.35. The van der Waals surface area contributed by atoms with Gasteiger partial charge in [0.05, 0.1) is 5.54 Å². The van der Waals surface area contributed by atoms with Crippen LogP contribution in [0.4, 0.5) is 0 Å². The van der Waals surface area contributed by atoms with E-state index in [1.807, 2.05) is 24.4 Å². The van der Waals surface area contributed by atoms with Crippen LogP contribution >= 0.6 is 0 Å². The molecule has 0 bridgehead atoms. The van der Waals surface area contributed by atoms with E-state index in [0.717, 1.165) is 24.4 Å². The molecule has 15 heavy (non-hydrogen) atoms. The van der Waals surface area contributed by atoms with Gasteiger partial charge >= 0.3 is 0 Å². The lowest BCUT2D eigenvalue weighted by molar-refractivity contribution is 0.403. The molecule has 1 N–H and O–H groups in total. The predicted octanol–water partition coefficient (Wildman–Crippen LogP) is 1.33. The fourth-order valence-corrected chi connectivity index (χ4v) is 2.30. The molecule has 1 unspecified atom stereocenters. The predicted molar refractivity (Wildman–Crippen MR) is 57.6 cm³/mol. The Hall–Kier alpha value is -1.42. The molecule has 0 saturated carbocycles. The van der Waals surface area contributed by atoms with Crippen molar-refractivity contribution in [2.45, 2.75) is 25.3 Å². The van der Waals surface area contributed by atoms with Crippen LogP contribution < -0.4 is 5.32 Å². The lowest BCUT2D eigenvalue weighted by Gasteiger charge is -2.21. The minimum atomic E-state index is -0.0131. The molecule has 0 aromatic carbocycles. The number of pyridine rings is 1. The third kappa shape index (κ3) is 1.25. The summed E-state index contributed by atoms with van der Waals surface area (Å²) in [4.78, 5) is 0. The third-order valence-electron chi connectivity index (χ3n) is 3.18. The van der Waals surface area contributed by atoms with Crippen molar-refractivity contribution in [1.82, 2.24) is 19.9 Å². The largest absolute Gasteiger partial charge is 0.305 e. The summed E-state index contributed by atoms with van der Waals surface area (Å²) in [5.41, 5.74) is 0.906. The molecule has 2 aromatic heterocycles. The Morgan fingerprint density at radius 2 is 2.33 bits per heavy atom. The lowest BCUT2D eigenvalue weighted by Crippen LogP contribution is -2.35. The summed E-state index contributed by atoms with van der Waals surface area (Å²) in [6, 6.07) is 5.98. The van der Waals surface area contributed by atoms with Crippen molar-refractivity contribution in [3.05, 3.63) is 30.2 Å². The summed E-state index contributed by atoms with van der Waals surface area (Å²) < 4.78 is 2.07. The Morgan fingerprint density at radius 3 is 3.13 bits per heavy atom. The topological polar surface area (TPSA) is 42.2 Å². The number of rotatable bonds is 1. The molecule has 1 saturated heterocycles. The zero-order valence-electron chi connectivity index (χ0n) is 8.77. The first-order valence-corrected chi connectivity index (χ1v) is 5.35. The summed E-state index contributed by atoms with van der Waals surface area (Å²) in [7, 11) is 0. The highest BCUT2D eigenvalue weighted by Gasteiger charge is 2.34. The van der Waals surface area contributed by atoms with Crippen LogP contribution in [-0.2, 0) is 5.54 Å². The third-order valence-corrected chi connectivity index (χ3v) is 3.18. The summed E-state index contributed by atoms with van der Waals surface area (Å²) in [5.74, 6) is 1.02. The van der Waals surface area contributed by atoms with E-state index < -0.39 is 0 Å². The van der Waals surface area contributed by atoms with Crippen molar-refractivity contribution in [3.63, 3.8) is 0 Å². The fraction of sp³-hybridized carbons (Fsp3) is 0.455. The molecule has 4 nitrogen and oxygen atoms in total. The Morgan fingerprint density at radius 1 is 1.40 bits per heavy atom. The summed E-state index contributed by atoms with van der Waals surface area (Å²) in [5, 5.41) is 12.0. The van der Waals surface area contributed by atoms with E-state index in [1.54, 1.807) is 0 Å². The van der Waals surface area contributed by atoms with Gasteiger partial charge in [0, 0.05) is 6.20 Å². The highest BCUT2D eigenvalue weighted by molar-refractivity contribution is 5.38. The second kappa shape index (κ2) is 3.03. The van der Waals surface area contributed by atoms with Crippen LogP contribution in [-0.4, -0.2) is 21.1 Å². The summed E-state index contributed by atoms with van der Waals surface area (Å²) in [6.45, 7) is 3.27. The van der Waals surface area contributed by atoms with Crippen molar-refractivity contribution in [1.29, 1.82) is 0 Å². The Kier molecular flexibility index (Phi) is 1.79. The number of aromatic nitrogens is 3. The van der Waals surface area contributed by atoms with Crippen LogP contribution in [0.2, 0.25) is 0 Å². The number of fused-ring (bicyclic) bond motifs is 1. The van der Waals surface area contributed by atoms with Crippen LogP contribution in [0.15, 0.2) is 24.4 Å². The van der Waals surface area contributed by atoms with Crippen LogP contribution in [0.25, 0.3) is 5.65 Å². The van der Waals surface area contributed by atoms with Gasteiger partial charge in [0.15, 0.2) is 11.5 Å². The van der Waals surface area contributed by atoms with E-state index in [1.165, 1.54) is 6.42 Å². The summed E-state index contributed by atoms with van der Waals surface area (Å²) >= 11 is 0. The van der Waals surface area contributed by atoms with Crippen molar-refractivity contribution in [2.24, 2.45) is 0 Å². The molecule has 3 heterocycles. The Labute approximate surface area is 88.3 Å². The Balaban J connectivity index is 2.18. The van der Waals surface area contributed by atoms with E-state index >= 15 is 0 Å². The van der Waals surface area contributed by atoms with Gasteiger partial charge < -0.3 is 5.32 Å². The van der Waals surface area contributed by atoms with Gasteiger partial charge in [0.1, 0.15) is 0 Å². The van der Waals surface area contributed by atoms with Crippen molar-refractivity contribution >= 4 is 5.65 Å². The number of hydrogen-bond acceptors (Lipinski definition) is 3. The average Bonchev–Trinajstić information content (AvgIpc) is 2.84. The fourth-order valence-electron chi connectivity index (χ4n) is 2.30. The van der Waals surface area contributed by atoms with Gasteiger partial charge in [-0.1, -0.05) is 6.07 Å². The molecule has 3 rings (SSSR count). The molecule has 0 amide bonds. The van der Waals surface area contributed by atoms with Crippen LogP contribution in [0, 0.1) is 0 Å². The molecule has 1 fully saturated rings. The number of nitrogens with zero attached hydrogens (tertiary/aromatic N) is 3. The first kappa shape index (κ1) is 8.85. The van der Waals surface area contributed by atoms with Gasteiger partial charge in [0.25, 0.3) is 0 Å². The molecule has 0 spiro atoms.